The molecule has 0 heterocycles. The standard InChI is InChI=1S/C20H22O5S/c1-4-8-19(24-20(21)17-9-6-5-7-10-17)16(3)25-26(22,23)18-13-11-15(2)12-14-18/h4-7,9-14,16,19H,1,8H2,2-3H3/t16-,19-/m0/s1. The highest BCUT2D eigenvalue weighted by Gasteiger charge is 2.27. The minimum absolute atomic E-state index is 0.0571. The lowest BCUT2D eigenvalue weighted by Gasteiger charge is -2.23. The third kappa shape index (κ3) is 5.28. The van der Waals surface area contributed by atoms with Gasteiger partial charge >= 0.3 is 5.97 Å². The van der Waals surface area contributed by atoms with Gasteiger partial charge in [0.25, 0.3) is 10.1 Å². The number of benzene rings is 2. The molecule has 0 aliphatic heterocycles. The zero-order valence-electron chi connectivity index (χ0n) is 14.8. The normalized spacial score (nSPS) is 13.6. The van der Waals surface area contributed by atoms with E-state index in [4.69, 9.17) is 8.92 Å². The van der Waals surface area contributed by atoms with Crippen LogP contribution in [-0.2, 0) is 19.0 Å². The monoisotopic (exact) mass is 374 g/mol. The van der Waals surface area contributed by atoms with E-state index in [-0.39, 0.29) is 11.3 Å². The lowest BCUT2D eigenvalue weighted by Crippen LogP contribution is -2.33. The van der Waals surface area contributed by atoms with Crippen LogP contribution >= 0.6 is 0 Å². The van der Waals surface area contributed by atoms with Crippen LogP contribution in [0.15, 0.2) is 72.1 Å². The highest BCUT2D eigenvalue weighted by molar-refractivity contribution is 7.86. The zero-order chi connectivity index (χ0) is 19.2. The van der Waals surface area contributed by atoms with Crippen LogP contribution in [0.3, 0.4) is 0 Å². The quantitative estimate of drug-likeness (QED) is 0.398. The van der Waals surface area contributed by atoms with E-state index in [9.17, 15) is 13.2 Å². The SMILES string of the molecule is C=CC[C@H](OC(=O)c1ccccc1)[C@H](C)OS(=O)(=O)c1ccc(C)cc1. The number of hydrogen-bond acceptors (Lipinski definition) is 5. The molecule has 0 radical (unpaired) electrons. The zero-order valence-corrected chi connectivity index (χ0v) is 15.6. The second kappa shape index (κ2) is 8.78. The number of aryl methyl sites for hydroxylation is 1. The van der Waals surface area contributed by atoms with Gasteiger partial charge in [0, 0.05) is 6.42 Å². The number of carbonyl (C=O) groups is 1. The molecular formula is C20H22O5S. The van der Waals surface area contributed by atoms with Crippen LogP contribution in [0, 0.1) is 6.92 Å². The van der Waals surface area contributed by atoms with Crippen LogP contribution in [-0.4, -0.2) is 26.6 Å². The van der Waals surface area contributed by atoms with Crippen molar-refractivity contribution in [1.29, 1.82) is 0 Å². The summed E-state index contributed by atoms with van der Waals surface area (Å²) in [4.78, 5) is 12.3. The Labute approximate surface area is 154 Å². The Morgan fingerprint density at radius 2 is 1.73 bits per heavy atom. The first kappa shape index (κ1) is 19.9. The summed E-state index contributed by atoms with van der Waals surface area (Å²) in [7, 11) is -3.97. The molecule has 0 N–H and O–H groups in total. The topological polar surface area (TPSA) is 69.7 Å². The summed E-state index contributed by atoms with van der Waals surface area (Å²) in [5, 5.41) is 0. The molecule has 0 aliphatic rings. The summed E-state index contributed by atoms with van der Waals surface area (Å²) in [6.07, 6.45) is 0.178. The van der Waals surface area contributed by atoms with Crippen LogP contribution in [0.5, 0.6) is 0 Å². The van der Waals surface area contributed by atoms with Crippen LogP contribution < -0.4 is 0 Å². The maximum atomic E-state index is 12.4. The molecule has 6 heteroatoms. The number of esters is 1. The predicted octanol–water partition coefficient (Wildman–Crippen LogP) is 3.89. The van der Waals surface area contributed by atoms with Crippen molar-refractivity contribution < 1.29 is 22.1 Å². The van der Waals surface area contributed by atoms with Gasteiger partial charge in [-0.1, -0.05) is 42.0 Å². The molecule has 0 fully saturated rings. The Morgan fingerprint density at radius 1 is 1.12 bits per heavy atom. The first-order valence-electron chi connectivity index (χ1n) is 8.20. The molecular weight excluding hydrogens is 352 g/mol. The molecule has 0 aromatic heterocycles. The summed E-state index contributed by atoms with van der Waals surface area (Å²) in [6, 6.07) is 14.8. The minimum atomic E-state index is -3.97. The third-order valence-electron chi connectivity index (χ3n) is 3.78. The maximum absolute atomic E-state index is 12.4. The van der Waals surface area contributed by atoms with Gasteiger partial charge in [0.15, 0.2) is 0 Å². The van der Waals surface area contributed by atoms with Crippen molar-refractivity contribution in [2.75, 3.05) is 0 Å². The molecule has 0 aliphatic carbocycles. The Bertz CT molecular complexity index is 842. The first-order valence-corrected chi connectivity index (χ1v) is 9.61. The van der Waals surface area contributed by atoms with E-state index in [0.29, 0.717) is 5.56 Å². The van der Waals surface area contributed by atoms with Gasteiger partial charge in [-0.25, -0.2) is 4.79 Å². The van der Waals surface area contributed by atoms with E-state index in [2.05, 4.69) is 6.58 Å². The van der Waals surface area contributed by atoms with Crippen molar-refractivity contribution in [3.63, 3.8) is 0 Å². The van der Waals surface area contributed by atoms with Crippen LogP contribution in [0.25, 0.3) is 0 Å². The summed E-state index contributed by atoms with van der Waals surface area (Å²) in [5.74, 6) is -0.541. The van der Waals surface area contributed by atoms with Crippen molar-refractivity contribution >= 4 is 16.1 Å². The molecule has 2 aromatic rings. The van der Waals surface area contributed by atoms with Crippen molar-refractivity contribution in [2.45, 2.75) is 37.4 Å². The molecule has 0 saturated carbocycles. The minimum Gasteiger partial charge on any atom is -0.456 e. The summed E-state index contributed by atoms with van der Waals surface area (Å²) < 4.78 is 35.6. The van der Waals surface area contributed by atoms with Gasteiger partial charge < -0.3 is 4.74 Å². The van der Waals surface area contributed by atoms with Crippen LogP contribution in [0.1, 0.15) is 29.3 Å². The smallest absolute Gasteiger partial charge is 0.338 e. The van der Waals surface area contributed by atoms with Crippen LogP contribution in [0.2, 0.25) is 0 Å². The maximum Gasteiger partial charge on any atom is 0.338 e. The van der Waals surface area contributed by atoms with Crippen molar-refractivity contribution in [3.05, 3.63) is 78.4 Å². The molecule has 2 aromatic carbocycles. The number of hydrogen-bond donors (Lipinski definition) is 0. The largest absolute Gasteiger partial charge is 0.456 e. The number of rotatable bonds is 8. The average molecular weight is 374 g/mol. The molecule has 0 spiro atoms. The molecule has 26 heavy (non-hydrogen) atoms. The fraction of sp³-hybridized carbons (Fsp3) is 0.250. The summed E-state index contributed by atoms with van der Waals surface area (Å²) in [6.45, 7) is 7.05. The van der Waals surface area contributed by atoms with E-state index in [1.54, 1.807) is 55.5 Å². The molecule has 2 rings (SSSR count). The Hall–Kier alpha value is -2.44. The van der Waals surface area contributed by atoms with Gasteiger partial charge in [0.2, 0.25) is 0 Å². The van der Waals surface area contributed by atoms with Crippen molar-refractivity contribution in [3.8, 4) is 0 Å². The van der Waals surface area contributed by atoms with Gasteiger partial charge in [0.1, 0.15) is 12.2 Å². The molecule has 138 valence electrons. The summed E-state index contributed by atoms with van der Waals surface area (Å²) in [5.41, 5.74) is 1.33. The molecule has 5 nitrogen and oxygen atoms in total. The highest BCUT2D eigenvalue weighted by atomic mass is 32.2. The fourth-order valence-corrected chi connectivity index (χ4v) is 3.41. The fourth-order valence-electron chi connectivity index (χ4n) is 2.30. The summed E-state index contributed by atoms with van der Waals surface area (Å²) >= 11 is 0. The van der Waals surface area contributed by atoms with E-state index in [1.807, 2.05) is 6.92 Å². The molecule has 0 saturated heterocycles. The molecule has 0 amide bonds. The Kier molecular flexibility index (Phi) is 6.71. The second-order valence-corrected chi connectivity index (χ2v) is 7.47. The molecule has 0 unspecified atom stereocenters. The third-order valence-corrected chi connectivity index (χ3v) is 5.18. The molecule has 2 atom stereocenters. The van der Waals surface area contributed by atoms with Gasteiger partial charge in [0.05, 0.1) is 10.5 Å². The van der Waals surface area contributed by atoms with Gasteiger partial charge in [-0.2, -0.15) is 8.42 Å². The van der Waals surface area contributed by atoms with Crippen molar-refractivity contribution in [2.24, 2.45) is 0 Å². The lowest BCUT2D eigenvalue weighted by atomic mass is 10.1. The van der Waals surface area contributed by atoms with E-state index >= 15 is 0 Å². The Balaban J connectivity index is 2.12. The molecule has 0 bridgehead atoms. The first-order chi connectivity index (χ1) is 12.3. The predicted molar refractivity (Wildman–Crippen MR) is 99.4 cm³/mol. The number of carbonyl (C=O) groups excluding carboxylic acids is 1. The lowest BCUT2D eigenvalue weighted by molar-refractivity contribution is -0.00176. The van der Waals surface area contributed by atoms with E-state index in [1.165, 1.54) is 12.1 Å². The Morgan fingerprint density at radius 3 is 2.31 bits per heavy atom. The average Bonchev–Trinajstić information content (AvgIpc) is 2.62. The van der Waals surface area contributed by atoms with Crippen molar-refractivity contribution in [1.82, 2.24) is 0 Å². The highest BCUT2D eigenvalue weighted by Crippen LogP contribution is 2.19. The van der Waals surface area contributed by atoms with E-state index in [0.717, 1.165) is 5.56 Å². The van der Waals surface area contributed by atoms with Gasteiger partial charge in [-0.15, -0.1) is 6.58 Å². The van der Waals surface area contributed by atoms with E-state index < -0.39 is 28.3 Å². The second-order valence-electron chi connectivity index (χ2n) is 5.90. The van der Waals surface area contributed by atoms with Crippen LogP contribution in [0.4, 0.5) is 0 Å². The van der Waals surface area contributed by atoms with Gasteiger partial charge in [-0.3, -0.25) is 4.18 Å². The van der Waals surface area contributed by atoms with Gasteiger partial charge in [-0.05, 0) is 38.1 Å². The number of ether oxygens (including phenoxy) is 1.